The van der Waals surface area contributed by atoms with Gasteiger partial charge in [0.15, 0.2) is 0 Å². The maximum absolute atomic E-state index is 13.4. The maximum atomic E-state index is 13.4. The van der Waals surface area contributed by atoms with Crippen LogP contribution in [0.3, 0.4) is 0 Å². The first-order chi connectivity index (χ1) is 16.0. The maximum Gasteiger partial charge on any atom is 0.322 e. The van der Waals surface area contributed by atoms with Crippen LogP contribution in [0.4, 0.5) is 10.5 Å². The van der Waals surface area contributed by atoms with E-state index in [-0.39, 0.29) is 25.6 Å². The van der Waals surface area contributed by atoms with Gasteiger partial charge < -0.3 is 19.9 Å². The number of methoxy groups -OCH3 is 1. The Hall–Kier alpha value is -2.58. The highest BCUT2D eigenvalue weighted by atomic mass is 35.5. The fourth-order valence-electron chi connectivity index (χ4n) is 3.15. The number of hydrogen-bond donors (Lipinski definition) is 1. The molecule has 0 atom stereocenters. The largest absolute Gasteiger partial charge is 0.383 e. The molecule has 0 unspecified atom stereocenters. The summed E-state index contributed by atoms with van der Waals surface area (Å²) in [5.74, 6) is -0.177. The second kappa shape index (κ2) is 12.6. The van der Waals surface area contributed by atoms with Crippen molar-refractivity contribution in [2.24, 2.45) is 0 Å². The Bertz CT molecular complexity index is 1030. The van der Waals surface area contributed by atoms with Crippen molar-refractivity contribution in [3.8, 4) is 0 Å². The van der Waals surface area contributed by atoms with Gasteiger partial charge in [-0.15, -0.1) is 11.3 Å². The third kappa shape index (κ3) is 7.47. The van der Waals surface area contributed by atoms with Crippen LogP contribution in [0.2, 0.25) is 10.0 Å². The number of carbonyl (C=O) groups is 2. The molecule has 1 heterocycles. The third-order valence-corrected chi connectivity index (χ3v) is 6.36. The lowest BCUT2D eigenvalue weighted by Crippen LogP contribution is -2.45. The molecular weight excluding hydrogens is 481 g/mol. The molecular formula is C24H25Cl2N3O3S. The van der Waals surface area contributed by atoms with Crippen LogP contribution < -0.4 is 5.32 Å². The molecule has 1 aromatic heterocycles. The zero-order valence-electron chi connectivity index (χ0n) is 18.2. The first kappa shape index (κ1) is 25.1. The standard InChI is InChI=1S/C24H25Cl2N3O3S/c1-32-13-12-28(24(31)27-23-20(25)10-5-11-21(23)26)17-22(30)29(16-19-9-6-14-33-19)15-18-7-3-2-4-8-18/h2-11,14H,12-13,15-17H2,1H3,(H,27,31). The van der Waals surface area contributed by atoms with Crippen molar-refractivity contribution in [1.29, 1.82) is 0 Å². The summed E-state index contributed by atoms with van der Waals surface area (Å²) in [4.78, 5) is 30.6. The molecule has 0 aliphatic heterocycles. The van der Waals surface area contributed by atoms with Crippen molar-refractivity contribution in [3.05, 3.63) is 86.5 Å². The number of anilines is 1. The minimum Gasteiger partial charge on any atom is -0.383 e. The van der Waals surface area contributed by atoms with E-state index in [9.17, 15) is 9.59 Å². The van der Waals surface area contributed by atoms with Gasteiger partial charge in [0.05, 0.1) is 28.9 Å². The van der Waals surface area contributed by atoms with E-state index in [2.05, 4.69) is 5.32 Å². The van der Waals surface area contributed by atoms with Crippen molar-refractivity contribution in [2.45, 2.75) is 13.1 Å². The molecule has 0 bridgehead atoms. The first-order valence-corrected chi connectivity index (χ1v) is 11.9. The Morgan fingerprint density at radius 2 is 1.67 bits per heavy atom. The second-order valence-corrected chi connectivity index (χ2v) is 9.10. The van der Waals surface area contributed by atoms with Gasteiger partial charge in [0.2, 0.25) is 5.91 Å². The number of benzene rings is 2. The summed E-state index contributed by atoms with van der Waals surface area (Å²) >= 11 is 14.0. The Balaban J connectivity index is 1.76. The van der Waals surface area contributed by atoms with Gasteiger partial charge in [-0.3, -0.25) is 4.79 Å². The number of urea groups is 1. The van der Waals surface area contributed by atoms with Crippen molar-refractivity contribution in [1.82, 2.24) is 9.80 Å². The van der Waals surface area contributed by atoms with Crippen LogP contribution in [0.15, 0.2) is 66.0 Å². The van der Waals surface area contributed by atoms with E-state index in [0.29, 0.717) is 28.8 Å². The molecule has 2 aromatic carbocycles. The lowest BCUT2D eigenvalue weighted by molar-refractivity contribution is -0.133. The van der Waals surface area contributed by atoms with Crippen LogP contribution in [-0.4, -0.2) is 48.5 Å². The number of carbonyl (C=O) groups excluding carboxylic acids is 2. The topological polar surface area (TPSA) is 61.9 Å². The molecule has 6 nitrogen and oxygen atoms in total. The highest BCUT2D eigenvalue weighted by Gasteiger charge is 2.23. The summed E-state index contributed by atoms with van der Waals surface area (Å²) in [6.45, 7) is 1.29. The van der Waals surface area contributed by atoms with E-state index in [1.807, 2.05) is 47.8 Å². The Morgan fingerprint density at radius 1 is 0.939 bits per heavy atom. The molecule has 0 radical (unpaired) electrons. The summed E-state index contributed by atoms with van der Waals surface area (Å²) in [7, 11) is 1.54. The van der Waals surface area contributed by atoms with Gasteiger partial charge in [0, 0.05) is 25.1 Å². The van der Waals surface area contributed by atoms with E-state index in [4.69, 9.17) is 27.9 Å². The number of amides is 3. The summed E-state index contributed by atoms with van der Waals surface area (Å²) in [6, 6.07) is 18.2. The Morgan fingerprint density at radius 3 is 2.30 bits per heavy atom. The van der Waals surface area contributed by atoms with Crippen molar-refractivity contribution in [3.63, 3.8) is 0 Å². The number of ether oxygens (including phenoxy) is 1. The summed E-state index contributed by atoms with van der Waals surface area (Å²) in [6.07, 6.45) is 0. The van der Waals surface area contributed by atoms with E-state index in [1.54, 1.807) is 41.5 Å². The van der Waals surface area contributed by atoms with Crippen LogP contribution in [0, 0.1) is 0 Å². The number of nitrogens with one attached hydrogen (secondary N) is 1. The monoisotopic (exact) mass is 505 g/mol. The van der Waals surface area contributed by atoms with Crippen molar-refractivity contribution < 1.29 is 14.3 Å². The zero-order valence-corrected chi connectivity index (χ0v) is 20.5. The third-order valence-electron chi connectivity index (χ3n) is 4.87. The smallest absolute Gasteiger partial charge is 0.322 e. The van der Waals surface area contributed by atoms with Crippen LogP contribution in [0.5, 0.6) is 0 Å². The van der Waals surface area contributed by atoms with E-state index in [1.165, 1.54) is 4.90 Å². The number of halogens is 2. The molecule has 3 rings (SSSR count). The molecule has 33 heavy (non-hydrogen) atoms. The SMILES string of the molecule is COCCN(CC(=O)N(Cc1ccccc1)Cc1cccs1)C(=O)Nc1c(Cl)cccc1Cl. The average Bonchev–Trinajstić information content (AvgIpc) is 3.32. The van der Waals surface area contributed by atoms with Crippen LogP contribution in [-0.2, 0) is 22.6 Å². The van der Waals surface area contributed by atoms with Gasteiger partial charge in [-0.05, 0) is 29.1 Å². The summed E-state index contributed by atoms with van der Waals surface area (Å²) in [5.41, 5.74) is 1.32. The van der Waals surface area contributed by atoms with Gasteiger partial charge >= 0.3 is 6.03 Å². The lowest BCUT2D eigenvalue weighted by atomic mass is 10.2. The minimum absolute atomic E-state index is 0.116. The lowest BCUT2D eigenvalue weighted by Gasteiger charge is -2.28. The molecule has 0 aliphatic carbocycles. The highest BCUT2D eigenvalue weighted by molar-refractivity contribution is 7.09. The van der Waals surface area contributed by atoms with Crippen molar-refractivity contribution >= 4 is 52.2 Å². The van der Waals surface area contributed by atoms with E-state index in [0.717, 1.165) is 10.4 Å². The molecule has 0 aliphatic rings. The molecule has 0 fully saturated rings. The quantitative estimate of drug-likeness (QED) is 0.380. The number of thiophene rings is 1. The predicted octanol–water partition coefficient (Wildman–Crippen LogP) is 5.76. The number of hydrogen-bond acceptors (Lipinski definition) is 4. The van der Waals surface area contributed by atoms with Crippen LogP contribution >= 0.6 is 34.5 Å². The predicted molar refractivity (Wildman–Crippen MR) is 134 cm³/mol. The van der Waals surface area contributed by atoms with Crippen molar-refractivity contribution in [2.75, 3.05) is 32.1 Å². The molecule has 9 heteroatoms. The zero-order chi connectivity index (χ0) is 23.6. The Labute approximate surface area is 207 Å². The molecule has 3 aromatic rings. The molecule has 174 valence electrons. The van der Waals surface area contributed by atoms with Crippen LogP contribution in [0.1, 0.15) is 10.4 Å². The molecule has 0 saturated carbocycles. The average molecular weight is 506 g/mol. The minimum atomic E-state index is -0.480. The van der Waals surface area contributed by atoms with Gasteiger partial charge in [-0.1, -0.05) is 65.7 Å². The van der Waals surface area contributed by atoms with Gasteiger partial charge in [-0.25, -0.2) is 4.79 Å². The summed E-state index contributed by atoms with van der Waals surface area (Å²) < 4.78 is 5.15. The molecule has 0 spiro atoms. The number of rotatable bonds is 10. The number of para-hydroxylation sites is 1. The fraction of sp³-hybridized carbons (Fsp3) is 0.250. The highest BCUT2D eigenvalue weighted by Crippen LogP contribution is 2.30. The van der Waals surface area contributed by atoms with Crippen LogP contribution in [0.25, 0.3) is 0 Å². The van der Waals surface area contributed by atoms with E-state index >= 15 is 0 Å². The summed E-state index contributed by atoms with van der Waals surface area (Å²) in [5, 5.41) is 5.34. The van der Waals surface area contributed by atoms with E-state index < -0.39 is 6.03 Å². The fourth-order valence-corrected chi connectivity index (χ4v) is 4.36. The molecule has 3 amide bonds. The van der Waals surface area contributed by atoms with Gasteiger partial charge in [-0.2, -0.15) is 0 Å². The van der Waals surface area contributed by atoms with Gasteiger partial charge in [0.25, 0.3) is 0 Å². The molecule has 0 saturated heterocycles. The second-order valence-electron chi connectivity index (χ2n) is 7.26. The first-order valence-electron chi connectivity index (χ1n) is 10.3. The number of nitrogens with zero attached hydrogens (tertiary/aromatic N) is 2. The van der Waals surface area contributed by atoms with Gasteiger partial charge in [0.1, 0.15) is 6.54 Å². The molecule has 1 N–H and O–H groups in total. The Kier molecular flexibility index (Phi) is 9.57. The normalized spacial score (nSPS) is 10.6.